The summed E-state index contributed by atoms with van der Waals surface area (Å²) in [5.74, 6) is -3.98. The lowest BCUT2D eigenvalue weighted by Crippen LogP contribution is -2.60. The van der Waals surface area contributed by atoms with Gasteiger partial charge in [0.05, 0.1) is 12.1 Å². The molecule has 0 spiro atoms. The second-order valence-corrected chi connectivity index (χ2v) is 8.87. The summed E-state index contributed by atoms with van der Waals surface area (Å²) in [6, 6.07) is -4.77. The SMILES string of the molecule is CCC(C)C(N)C(=O)NC(C(=O)NC(CCSC)C(=O)NC(CCC(N)=O)C(=O)O)C(C)O. The molecule has 0 aliphatic rings. The van der Waals surface area contributed by atoms with E-state index in [1.807, 2.05) is 6.92 Å². The van der Waals surface area contributed by atoms with Crippen LogP contribution >= 0.6 is 11.8 Å². The molecule has 0 aliphatic heterocycles. The Morgan fingerprint density at radius 3 is 1.97 bits per heavy atom. The van der Waals surface area contributed by atoms with Crippen LogP contribution in [0.2, 0.25) is 0 Å². The summed E-state index contributed by atoms with van der Waals surface area (Å²) in [7, 11) is 0. The third-order valence-corrected chi connectivity index (χ3v) is 5.80. The van der Waals surface area contributed by atoms with Gasteiger partial charge >= 0.3 is 5.97 Å². The van der Waals surface area contributed by atoms with Crippen molar-refractivity contribution in [3.8, 4) is 0 Å². The van der Waals surface area contributed by atoms with Gasteiger partial charge in [0, 0.05) is 6.42 Å². The van der Waals surface area contributed by atoms with Crippen LogP contribution in [0.25, 0.3) is 0 Å². The van der Waals surface area contributed by atoms with Gasteiger partial charge in [0.15, 0.2) is 0 Å². The van der Waals surface area contributed by atoms with E-state index in [-0.39, 0.29) is 25.2 Å². The molecule has 33 heavy (non-hydrogen) atoms. The van der Waals surface area contributed by atoms with Gasteiger partial charge in [-0.3, -0.25) is 19.2 Å². The summed E-state index contributed by atoms with van der Waals surface area (Å²) in [5, 5.41) is 26.5. The Morgan fingerprint density at radius 1 is 0.939 bits per heavy atom. The number of thioether (sulfide) groups is 1. The van der Waals surface area contributed by atoms with Crippen LogP contribution in [0, 0.1) is 5.92 Å². The van der Waals surface area contributed by atoms with Crippen LogP contribution in [0.5, 0.6) is 0 Å². The van der Waals surface area contributed by atoms with Gasteiger partial charge in [-0.15, -0.1) is 0 Å². The number of rotatable bonds is 16. The third-order valence-electron chi connectivity index (χ3n) is 5.16. The van der Waals surface area contributed by atoms with Crippen LogP contribution in [-0.4, -0.2) is 82.1 Å². The maximum Gasteiger partial charge on any atom is 0.326 e. The zero-order chi connectivity index (χ0) is 25.7. The Kier molecular flexibility index (Phi) is 14.3. The number of hydrogen-bond acceptors (Lipinski definition) is 8. The van der Waals surface area contributed by atoms with Crippen molar-refractivity contribution >= 4 is 41.4 Å². The number of hydrogen-bond donors (Lipinski definition) is 7. The van der Waals surface area contributed by atoms with Crippen molar-refractivity contribution in [2.24, 2.45) is 17.4 Å². The first-order valence-corrected chi connectivity index (χ1v) is 12.1. The smallest absolute Gasteiger partial charge is 0.326 e. The van der Waals surface area contributed by atoms with E-state index in [9.17, 15) is 34.2 Å². The van der Waals surface area contributed by atoms with Gasteiger partial charge in [0.2, 0.25) is 23.6 Å². The fourth-order valence-electron chi connectivity index (χ4n) is 2.75. The average molecular weight is 492 g/mol. The van der Waals surface area contributed by atoms with Crippen LogP contribution in [0.1, 0.15) is 46.5 Å². The minimum Gasteiger partial charge on any atom is -0.480 e. The molecule has 0 saturated heterocycles. The Hall–Kier alpha value is -2.38. The molecule has 6 atom stereocenters. The molecule has 0 saturated carbocycles. The molecule has 0 radical (unpaired) electrons. The molecule has 4 amide bonds. The van der Waals surface area contributed by atoms with Crippen molar-refractivity contribution in [3.63, 3.8) is 0 Å². The summed E-state index contributed by atoms with van der Waals surface area (Å²) in [5.41, 5.74) is 10.9. The molecule has 9 N–H and O–H groups in total. The van der Waals surface area contributed by atoms with Crippen LogP contribution in [0.3, 0.4) is 0 Å². The number of aliphatic hydroxyl groups is 1. The van der Waals surface area contributed by atoms with E-state index in [0.29, 0.717) is 12.2 Å². The van der Waals surface area contributed by atoms with E-state index in [1.165, 1.54) is 18.7 Å². The molecule has 0 aromatic heterocycles. The normalized spacial score (nSPS) is 16.4. The molecule has 0 aliphatic carbocycles. The number of carbonyl (C=O) groups is 5. The van der Waals surface area contributed by atoms with Crippen LogP contribution < -0.4 is 27.4 Å². The molecule has 0 aromatic carbocycles. The van der Waals surface area contributed by atoms with Crippen LogP contribution in [-0.2, 0) is 24.0 Å². The van der Waals surface area contributed by atoms with Crippen LogP contribution in [0.15, 0.2) is 0 Å². The number of aliphatic carboxylic acids is 1. The highest BCUT2D eigenvalue weighted by Gasteiger charge is 2.33. The molecule has 0 aromatic rings. The monoisotopic (exact) mass is 491 g/mol. The van der Waals surface area contributed by atoms with Gasteiger partial charge in [-0.2, -0.15) is 11.8 Å². The first-order chi connectivity index (χ1) is 15.3. The van der Waals surface area contributed by atoms with Crippen molar-refractivity contribution in [3.05, 3.63) is 0 Å². The highest BCUT2D eigenvalue weighted by atomic mass is 32.2. The Morgan fingerprint density at radius 2 is 1.52 bits per heavy atom. The lowest BCUT2D eigenvalue weighted by Gasteiger charge is -2.27. The lowest BCUT2D eigenvalue weighted by molar-refractivity contribution is -0.142. The van der Waals surface area contributed by atoms with E-state index in [1.54, 1.807) is 13.2 Å². The van der Waals surface area contributed by atoms with Crippen molar-refractivity contribution < 1.29 is 34.2 Å². The van der Waals surface area contributed by atoms with Crippen molar-refractivity contribution in [2.45, 2.75) is 76.7 Å². The minimum absolute atomic E-state index is 0.156. The molecule has 190 valence electrons. The fraction of sp³-hybridized carbons (Fsp3) is 0.750. The number of primary amides is 1. The minimum atomic E-state index is -1.38. The topological polar surface area (TPSA) is 214 Å². The van der Waals surface area contributed by atoms with Gasteiger partial charge < -0.3 is 37.6 Å². The number of carboxylic acids is 1. The highest BCUT2D eigenvalue weighted by molar-refractivity contribution is 7.98. The lowest BCUT2D eigenvalue weighted by atomic mass is 9.98. The Balaban J connectivity index is 5.42. The summed E-state index contributed by atoms with van der Waals surface area (Å²) >= 11 is 1.40. The van der Waals surface area contributed by atoms with Crippen molar-refractivity contribution in [2.75, 3.05) is 12.0 Å². The largest absolute Gasteiger partial charge is 0.480 e. The molecule has 0 heterocycles. The predicted octanol–water partition coefficient (Wildman–Crippen LogP) is -1.70. The first-order valence-electron chi connectivity index (χ1n) is 10.7. The average Bonchev–Trinajstić information content (AvgIpc) is 2.75. The molecular weight excluding hydrogens is 454 g/mol. The van der Waals surface area contributed by atoms with E-state index >= 15 is 0 Å². The molecule has 0 bridgehead atoms. The van der Waals surface area contributed by atoms with Gasteiger partial charge in [-0.1, -0.05) is 20.3 Å². The molecule has 0 fully saturated rings. The maximum atomic E-state index is 12.8. The van der Waals surface area contributed by atoms with Gasteiger partial charge in [-0.25, -0.2) is 4.79 Å². The van der Waals surface area contributed by atoms with E-state index < -0.39 is 59.9 Å². The molecule has 13 heteroatoms. The second kappa shape index (κ2) is 15.5. The number of amides is 4. The number of nitrogens with two attached hydrogens (primary N) is 2. The molecule has 12 nitrogen and oxygen atoms in total. The highest BCUT2D eigenvalue weighted by Crippen LogP contribution is 2.08. The van der Waals surface area contributed by atoms with E-state index in [4.69, 9.17) is 11.5 Å². The maximum absolute atomic E-state index is 12.8. The van der Waals surface area contributed by atoms with Gasteiger partial charge in [0.25, 0.3) is 0 Å². The number of carboxylic acid groups (broad SMARTS) is 1. The second-order valence-electron chi connectivity index (χ2n) is 7.89. The predicted molar refractivity (Wildman–Crippen MR) is 124 cm³/mol. The van der Waals surface area contributed by atoms with Crippen molar-refractivity contribution in [1.29, 1.82) is 0 Å². The summed E-state index contributed by atoms with van der Waals surface area (Å²) in [6.07, 6.45) is 0.847. The summed E-state index contributed by atoms with van der Waals surface area (Å²) in [4.78, 5) is 60.3. The standard InChI is InChI=1S/C20H37N5O7S/c1-5-10(2)15(22)18(29)25-16(11(3)26)19(30)23-12(8-9-33-4)17(28)24-13(20(31)32)6-7-14(21)27/h10-13,15-16,26H,5-9,22H2,1-4H3,(H2,21,27)(H,23,30)(H,24,28)(H,25,29)(H,31,32). The van der Waals surface area contributed by atoms with Gasteiger partial charge in [0.1, 0.15) is 18.1 Å². The Bertz CT molecular complexity index is 692. The molecular formula is C20H37N5O7S. The summed E-state index contributed by atoms with van der Waals surface area (Å²) < 4.78 is 0. The quantitative estimate of drug-likeness (QED) is 0.131. The zero-order valence-electron chi connectivity index (χ0n) is 19.5. The van der Waals surface area contributed by atoms with E-state index in [0.717, 1.165) is 0 Å². The number of carbonyl (C=O) groups excluding carboxylic acids is 4. The first kappa shape index (κ1) is 30.6. The number of nitrogens with one attached hydrogen (secondary N) is 3. The van der Waals surface area contributed by atoms with Crippen LogP contribution in [0.4, 0.5) is 0 Å². The Labute approximate surface area is 198 Å². The molecule has 0 rings (SSSR count). The van der Waals surface area contributed by atoms with Gasteiger partial charge in [-0.05, 0) is 37.7 Å². The molecule has 6 unspecified atom stereocenters. The summed E-state index contributed by atoms with van der Waals surface area (Å²) in [6.45, 7) is 4.95. The zero-order valence-corrected chi connectivity index (χ0v) is 20.3. The van der Waals surface area contributed by atoms with E-state index in [2.05, 4.69) is 16.0 Å². The third kappa shape index (κ3) is 11.3. The fourth-order valence-corrected chi connectivity index (χ4v) is 3.22. The van der Waals surface area contributed by atoms with Crippen molar-refractivity contribution in [1.82, 2.24) is 16.0 Å². The number of aliphatic hydroxyl groups excluding tert-OH is 1.